The van der Waals surface area contributed by atoms with Gasteiger partial charge in [-0.15, -0.1) is 0 Å². The van der Waals surface area contributed by atoms with E-state index in [1.54, 1.807) is 0 Å². The Labute approximate surface area is 281 Å². The van der Waals surface area contributed by atoms with Crippen molar-refractivity contribution >= 4 is 0 Å². The topological polar surface area (TPSA) is 65.3 Å². The van der Waals surface area contributed by atoms with E-state index >= 15 is 0 Å². The summed E-state index contributed by atoms with van der Waals surface area (Å²) in [5.41, 5.74) is 0. The molecule has 3 unspecified atom stereocenters. The lowest BCUT2D eigenvalue weighted by atomic mass is 10.2. The second-order valence-corrected chi connectivity index (χ2v) is 10.2. The standard InChI is InChI=1S/3C9H10O2.C6H14.C3H8.2C2H6/c3*1-2-4-8(5-3-1)10-6-9-7-11-9;1-3-5-6-4-2;1-3-2;2*1-2/h3*1-5,9H,6-7H2;3-6H2,1-2H3;3H2,1-2H3;2*1-2H3. The van der Waals surface area contributed by atoms with Crippen LogP contribution in [0.2, 0.25) is 0 Å². The van der Waals surface area contributed by atoms with Gasteiger partial charge in [0, 0.05) is 0 Å². The molecule has 6 nitrogen and oxygen atoms in total. The zero-order chi connectivity index (χ0) is 34.1. The Bertz CT molecular complexity index is 848. The van der Waals surface area contributed by atoms with Crippen LogP contribution in [0.4, 0.5) is 0 Å². The molecule has 0 radical (unpaired) electrons. The van der Waals surface area contributed by atoms with Gasteiger partial charge >= 0.3 is 0 Å². The van der Waals surface area contributed by atoms with E-state index in [4.69, 9.17) is 28.4 Å². The van der Waals surface area contributed by atoms with Gasteiger partial charge in [0.25, 0.3) is 0 Å². The Morgan fingerprint density at radius 3 is 0.848 bits per heavy atom. The van der Waals surface area contributed by atoms with E-state index in [1.165, 1.54) is 32.1 Å². The summed E-state index contributed by atoms with van der Waals surface area (Å²) in [6.45, 7) is 21.3. The van der Waals surface area contributed by atoms with Crippen LogP contribution in [0.5, 0.6) is 17.2 Å². The van der Waals surface area contributed by atoms with Gasteiger partial charge in [-0.1, -0.05) is 142 Å². The highest BCUT2D eigenvalue weighted by atomic mass is 16.6. The average Bonchev–Trinajstić information content (AvgIpc) is 3.97. The number of benzene rings is 3. The molecule has 3 saturated heterocycles. The third-order valence-electron chi connectivity index (χ3n) is 5.70. The highest BCUT2D eigenvalue weighted by Gasteiger charge is 2.24. The number of rotatable bonds is 12. The van der Waals surface area contributed by atoms with Gasteiger partial charge in [0.1, 0.15) is 55.4 Å². The fourth-order valence-electron chi connectivity index (χ4n) is 3.11. The molecule has 6 rings (SSSR count). The molecule has 3 aliphatic heterocycles. The summed E-state index contributed by atoms with van der Waals surface area (Å²) < 4.78 is 31.2. The van der Waals surface area contributed by atoms with Gasteiger partial charge < -0.3 is 28.4 Å². The summed E-state index contributed by atoms with van der Waals surface area (Å²) in [4.78, 5) is 0. The van der Waals surface area contributed by atoms with E-state index in [-0.39, 0.29) is 0 Å². The molecule has 0 aromatic heterocycles. The van der Waals surface area contributed by atoms with Gasteiger partial charge in [0.2, 0.25) is 0 Å². The van der Waals surface area contributed by atoms with Crippen LogP contribution in [0.3, 0.4) is 0 Å². The molecule has 3 atom stereocenters. The van der Waals surface area contributed by atoms with Crippen molar-refractivity contribution < 1.29 is 28.4 Å². The molecule has 46 heavy (non-hydrogen) atoms. The minimum atomic E-state index is 0.343. The maximum atomic E-state index is 5.40. The number of ether oxygens (including phenoxy) is 6. The first-order valence-corrected chi connectivity index (χ1v) is 17.6. The Morgan fingerprint density at radius 2 is 0.674 bits per heavy atom. The normalized spacial score (nSPS) is 17.1. The predicted octanol–water partition coefficient (Wildman–Crippen LogP) is 10.4. The van der Waals surface area contributed by atoms with E-state index in [0.717, 1.165) is 37.1 Å². The molecule has 0 bridgehead atoms. The first-order valence-electron chi connectivity index (χ1n) is 17.6. The van der Waals surface area contributed by atoms with Crippen LogP contribution >= 0.6 is 0 Å². The van der Waals surface area contributed by atoms with Gasteiger partial charge in [-0.2, -0.15) is 0 Å². The SMILES string of the molecule is CC.CC.CCC.CCCCCC.c1ccc(OCC2CO2)cc1.c1ccc(OCC2CO2)cc1.c1ccc(OCC2CO2)cc1. The molecule has 260 valence electrons. The van der Waals surface area contributed by atoms with E-state index in [2.05, 4.69) is 27.7 Å². The van der Waals surface area contributed by atoms with Crippen LogP contribution in [0.25, 0.3) is 0 Å². The van der Waals surface area contributed by atoms with Crippen molar-refractivity contribution in [2.75, 3.05) is 39.6 Å². The molecule has 3 fully saturated rings. The quantitative estimate of drug-likeness (QED) is 0.145. The summed E-state index contributed by atoms with van der Waals surface area (Å²) in [6.07, 6.45) is 7.81. The molecular weight excluding hydrogens is 576 g/mol. The molecule has 6 heteroatoms. The van der Waals surface area contributed by atoms with Gasteiger partial charge in [-0.3, -0.25) is 0 Å². The Balaban J connectivity index is 0.000000560. The van der Waals surface area contributed by atoms with Crippen LogP contribution in [0, 0.1) is 0 Å². The van der Waals surface area contributed by atoms with Gasteiger partial charge in [-0.25, -0.2) is 0 Å². The Hall–Kier alpha value is -3.06. The highest BCUT2D eigenvalue weighted by Crippen LogP contribution is 2.15. The fraction of sp³-hybridized carbons (Fsp3) is 0.550. The maximum Gasteiger partial charge on any atom is 0.119 e. The average molecular weight is 641 g/mol. The largest absolute Gasteiger partial charge is 0.491 e. The minimum absolute atomic E-state index is 0.343. The van der Waals surface area contributed by atoms with Crippen molar-refractivity contribution in [3.8, 4) is 17.2 Å². The lowest BCUT2D eigenvalue weighted by molar-refractivity contribution is 0.263. The smallest absolute Gasteiger partial charge is 0.119 e. The summed E-state index contributed by atoms with van der Waals surface area (Å²) in [6, 6.07) is 29.4. The van der Waals surface area contributed by atoms with Crippen molar-refractivity contribution in [1.29, 1.82) is 0 Å². The summed E-state index contributed by atoms with van der Waals surface area (Å²) in [7, 11) is 0. The van der Waals surface area contributed by atoms with Gasteiger partial charge in [-0.05, 0) is 36.4 Å². The van der Waals surface area contributed by atoms with Crippen LogP contribution in [-0.2, 0) is 14.2 Å². The molecule has 3 aromatic rings. The number of epoxide rings is 3. The second kappa shape index (κ2) is 31.9. The van der Waals surface area contributed by atoms with Crippen molar-refractivity contribution in [2.45, 2.75) is 106 Å². The van der Waals surface area contributed by atoms with Crippen LogP contribution < -0.4 is 14.2 Å². The van der Waals surface area contributed by atoms with Crippen molar-refractivity contribution in [1.82, 2.24) is 0 Å². The second-order valence-electron chi connectivity index (χ2n) is 10.2. The van der Waals surface area contributed by atoms with Crippen molar-refractivity contribution in [3.05, 3.63) is 91.0 Å². The minimum Gasteiger partial charge on any atom is -0.491 e. The third-order valence-corrected chi connectivity index (χ3v) is 5.70. The zero-order valence-corrected chi connectivity index (χ0v) is 30.1. The number of hydrogen-bond acceptors (Lipinski definition) is 6. The lowest BCUT2D eigenvalue weighted by Gasteiger charge is -2.01. The van der Waals surface area contributed by atoms with E-state index in [9.17, 15) is 0 Å². The van der Waals surface area contributed by atoms with Gasteiger partial charge in [0.05, 0.1) is 19.8 Å². The van der Waals surface area contributed by atoms with Crippen LogP contribution in [0.1, 0.15) is 87.5 Å². The third kappa shape index (κ3) is 28.4. The molecule has 0 amide bonds. The number of hydrogen-bond donors (Lipinski definition) is 0. The van der Waals surface area contributed by atoms with Crippen LogP contribution in [0.15, 0.2) is 91.0 Å². The predicted molar refractivity (Wildman–Crippen MR) is 194 cm³/mol. The molecular formula is C40H64O6. The molecule has 3 aromatic carbocycles. The monoisotopic (exact) mass is 640 g/mol. The Morgan fingerprint density at radius 1 is 0.457 bits per heavy atom. The summed E-state index contributed by atoms with van der Waals surface area (Å²) in [5, 5.41) is 0. The van der Waals surface area contributed by atoms with E-state index in [0.29, 0.717) is 38.1 Å². The fourth-order valence-corrected chi connectivity index (χ4v) is 3.11. The van der Waals surface area contributed by atoms with Crippen molar-refractivity contribution in [2.24, 2.45) is 0 Å². The summed E-state index contributed by atoms with van der Waals surface area (Å²) in [5.74, 6) is 2.76. The number of unbranched alkanes of at least 4 members (excludes halogenated alkanes) is 3. The molecule has 0 aliphatic carbocycles. The van der Waals surface area contributed by atoms with Gasteiger partial charge in [0.15, 0.2) is 0 Å². The van der Waals surface area contributed by atoms with E-state index < -0.39 is 0 Å². The Kier molecular flexibility index (Phi) is 29.8. The first kappa shape index (κ1) is 42.9. The zero-order valence-electron chi connectivity index (χ0n) is 30.1. The lowest BCUT2D eigenvalue weighted by Crippen LogP contribution is -2.03. The molecule has 3 heterocycles. The van der Waals surface area contributed by atoms with Crippen molar-refractivity contribution in [3.63, 3.8) is 0 Å². The molecule has 0 spiro atoms. The summed E-state index contributed by atoms with van der Waals surface area (Å²) >= 11 is 0. The maximum absolute atomic E-state index is 5.40. The molecule has 0 saturated carbocycles. The van der Waals surface area contributed by atoms with Crippen LogP contribution in [-0.4, -0.2) is 58.0 Å². The molecule has 0 N–H and O–H groups in total. The number of para-hydroxylation sites is 3. The van der Waals surface area contributed by atoms with E-state index in [1.807, 2.05) is 119 Å². The highest BCUT2D eigenvalue weighted by molar-refractivity contribution is 5.22. The molecule has 3 aliphatic rings. The first-order chi connectivity index (χ1) is 22.7.